The lowest BCUT2D eigenvalue weighted by molar-refractivity contribution is -0.115. The van der Waals surface area contributed by atoms with Crippen LogP contribution in [0.5, 0.6) is 5.75 Å². The first-order valence-electron chi connectivity index (χ1n) is 9.19. The predicted molar refractivity (Wildman–Crippen MR) is 130 cm³/mol. The molecule has 3 aromatic carbocycles. The number of nitrogens with one attached hydrogen (secondary N) is 1. The van der Waals surface area contributed by atoms with Gasteiger partial charge in [-0.25, -0.2) is 9.38 Å². The molecule has 31 heavy (non-hydrogen) atoms. The summed E-state index contributed by atoms with van der Waals surface area (Å²) >= 11 is 8.11. The van der Waals surface area contributed by atoms with Crippen LogP contribution >= 0.6 is 43.6 Å². The number of nitrogens with zero attached hydrogens (tertiary/aromatic N) is 1. The first kappa shape index (κ1) is 21.8. The highest BCUT2D eigenvalue weighted by atomic mass is 79.9. The third kappa shape index (κ3) is 5.64. The van der Waals surface area contributed by atoms with E-state index in [1.165, 1.54) is 17.8 Å². The number of para-hydroxylation sites is 1. The molecule has 0 aromatic heterocycles. The van der Waals surface area contributed by atoms with Gasteiger partial charge in [-0.2, -0.15) is 0 Å². The molecule has 1 heterocycles. The number of aliphatic imine (C=N–C) groups is 1. The van der Waals surface area contributed by atoms with Crippen molar-refractivity contribution in [3.05, 3.63) is 97.5 Å². The molecule has 8 heteroatoms. The maximum absolute atomic E-state index is 13.8. The fourth-order valence-corrected chi connectivity index (χ4v) is 4.36. The van der Waals surface area contributed by atoms with Crippen molar-refractivity contribution >= 4 is 66.5 Å². The zero-order valence-corrected chi connectivity index (χ0v) is 19.9. The molecule has 0 bridgehead atoms. The summed E-state index contributed by atoms with van der Waals surface area (Å²) in [6.07, 6.45) is 1.76. The molecule has 1 fully saturated rings. The molecule has 0 atom stereocenters. The summed E-state index contributed by atoms with van der Waals surface area (Å²) in [6, 6.07) is 19.7. The highest BCUT2D eigenvalue weighted by Gasteiger charge is 2.24. The Kier molecular flexibility index (Phi) is 6.89. The molecule has 3 aromatic rings. The van der Waals surface area contributed by atoms with Gasteiger partial charge in [0.05, 0.1) is 9.38 Å². The summed E-state index contributed by atoms with van der Waals surface area (Å²) in [7, 11) is 0. The Labute approximate surface area is 199 Å². The van der Waals surface area contributed by atoms with E-state index >= 15 is 0 Å². The van der Waals surface area contributed by atoms with Gasteiger partial charge in [-0.15, -0.1) is 0 Å². The standard InChI is InChI=1S/C23H15Br2FN2O2S/c24-16-8-5-14(6-9-16)13-30-20-10-7-15(11-17(20)25)12-21-22(29)28-23(31-21)27-19-4-2-1-3-18(19)26/h1-12H,13H2,(H,27,28,29)/b21-12-. The van der Waals surface area contributed by atoms with Gasteiger partial charge in [0.1, 0.15) is 23.9 Å². The van der Waals surface area contributed by atoms with Crippen molar-refractivity contribution in [2.45, 2.75) is 6.61 Å². The van der Waals surface area contributed by atoms with Gasteiger partial charge in [0.15, 0.2) is 5.17 Å². The van der Waals surface area contributed by atoms with Gasteiger partial charge in [-0.3, -0.25) is 4.79 Å². The van der Waals surface area contributed by atoms with E-state index in [1.807, 2.05) is 42.5 Å². The minimum atomic E-state index is -0.440. The Morgan fingerprint density at radius 2 is 1.84 bits per heavy atom. The summed E-state index contributed by atoms with van der Waals surface area (Å²) in [4.78, 5) is 17.0. The van der Waals surface area contributed by atoms with Gasteiger partial charge < -0.3 is 10.1 Å². The molecular formula is C23H15Br2FN2O2S. The molecule has 1 aliphatic rings. The SMILES string of the molecule is O=C1NC(=Nc2ccccc2F)S/C1=C\c1ccc(OCc2ccc(Br)cc2)c(Br)c1. The number of hydrogen-bond donors (Lipinski definition) is 1. The first-order chi connectivity index (χ1) is 15.0. The smallest absolute Gasteiger partial charge is 0.264 e. The normalized spacial score (nSPS) is 16.0. The Morgan fingerprint density at radius 1 is 1.06 bits per heavy atom. The largest absolute Gasteiger partial charge is 0.488 e. The highest BCUT2D eigenvalue weighted by molar-refractivity contribution is 9.10. The van der Waals surface area contributed by atoms with E-state index in [2.05, 4.69) is 42.2 Å². The number of carbonyl (C=O) groups is 1. The lowest BCUT2D eigenvalue weighted by atomic mass is 10.2. The van der Waals surface area contributed by atoms with Crippen molar-refractivity contribution in [3.63, 3.8) is 0 Å². The molecule has 1 N–H and O–H groups in total. The van der Waals surface area contributed by atoms with Crippen LogP contribution in [-0.2, 0) is 11.4 Å². The summed E-state index contributed by atoms with van der Waals surface area (Å²) in [6.45, 7) is 0.445. The van der Waals surface area contributed by atoms with E-state index in [-0.39, 0.29) is 11.6 Å². The number of amides is 1. The molecule has 0 spiro atoms. The highest BCUT2D eigenvalue weighted by Crippen LogP contribution is 2.32. The van der Waals surface area contributed by atoms with Crippen LogP contribution < -0.4 is 10.1 Å². The fourth-order valence-electron chi connectivity index (χ4n) is 2.75. The second kappa shape index (κ2) is 9.80. The number of ether oxygens (including phenoxy) is 1. The number of hydrogen-bond acceptors (Lipinski definition) is 4. The summed E-state index contributed by atoms with van der Waals surface area (Å²) in [5.74, 6) is -0.00730. The van der Waals surface area contributed by atoms with E-state index in [0.29, 0.717) is 22.4 Å². The second-order valence-electron chi connectivity index (χ2n) is 6.54. The maximum atomic E-state index is 13.8. The average Bonchev–Trinajstić information content (AvgIpc) is 3.09. The van der Waals surface area contributed by atoms with Crippen LogP contribution in [0, 0.1) is 5.82 Å². The Morgan fingerprint density at radius 3 is 2.58 bits per heavy atom. The second-order valence-corrected chi connectivity index (χ2v) is 9.34. The Hall–Kier alpha value is -2.42. The lowest BCUT2D eigenvalue weighted by Gasteiger charge is -2.09. The topological polar surface area (TPSA) is 50.7 Å². The lowest BCUT2D eigenvalue weighted by Crippen LogP contribution is -2.19. The number of halogens is 3. The molecule has 4 rings (SSSR count). The maximum Gasteiger partial charge on any atom is 0.264 e. The molecular weight excluding hydrogens is 547 g/mol. The molecule has 0 radical (unpaired) electrons. The van der Waals surface area contributed by atoms with E-state index in [0.717, 1.165) is 20.1 Å². The van der Waals surface area contributed by atoms with Crippen LogP contribution in [0.1, 0.15) is 11.1 Å². The number of rotatable bonds is 5. The number of thioether (sulfide) groups is 1. The van der Waals surface area contributed by atoms with Crippen molar-refractivity contribution < 1.29 is 13.9 Å². The van der Waals surface area contributed by atoms with E-state index in [9.17, 15) is 9.18 Å². The van der Waals surface area contributed by atoms with Gasteiger partial charge in [0.25, 0.3) is 5.91 Å². The van der Waals surface area contributed by atoms with Crippen LogP contribution in [0.25, 0.3) is 6.08 Å². The quantitative estimate of drug-likeness (QED) is 0.348. The number of carbonyl (C=O) groups excluding carboxylic acids is 1. The van der Waals surface area contributed by atoms with E-state index < -0.39 is 5.82 Å². The Bertz CT molecular complexity index is 1200. The van der Waals surface area contributed by atoms with E-state index in [4.69, 9.17) is 4.74 Å². The van der Waals surface area contributed by atoms with Crippen LogP contribution in [-0.4, -0.2) is 11.1 Å². The zero-order valence-electron chi connectivity index (χ0n) is 15.9. The minimum Gasteiger partial charge on any atom is -0.488 e. The summed E-state index contributed by atoms with van der Waals surface area (Å²) < 4.78 is 21.5. The third-order valence-electron chi connectivity index (χ3n) is 4.29. The molecule has 0 aliphatic carbocycles. The van der Waals surface area contributed by atoms with E-state index in [1.54, 1.807) is 24.3 Å². The Balaban J connectivity index is 1.46. The van der Waals surface area contributed by atoms with Crippen LogP contribution in [0.3, 0.4) is 0 Å². The molecule has 4 nitrogen and oxygen atoms in total. The number of amidine groups is 1. The van der Waals surface area contributed by atoms with Gasteiger partial charge in [-0.05, 0) is 81.3 Å². The molecule has 1 saturated heterocycles. The van der Waals surface area contributed by atoms with Gasteiger partial charge in [-0.1, -0.05) is 46.3 Å². The molecule has 156 valence electrons. The average molecular weight is 562 g/mol. The predicted octanol–water partition coefficient (Wildman–Crippen LogP) is 6.82. The molecule has 0 unspecified atom stereocenters. The van der Waals surface area contributed by atoms with Crippen LogP contribution in [0.4, 0.5) is 10.1 Å². The van der Waals surface area contributed by atoms with Crippen molar-refractivity contribution in [3.8, 4) is 5.75 Å². The number of benzene rings is 3. The molecule has 1 amide bonds. The van der Waals surface area contributed by atoms with Gasteiger partial charge in [0, 0.05) is 4.47 Å². The molecule has 1 aliphatic heterocycles. The molecule has 0 saturated carbocycles. The van der Waals surface area contributed by atoms with Crippen molar-refractivity contribution in [2.24, 2.45) is 4.99 Å². The minimum absolute atomic E-state index is 0.182. The third-order valence-corrected chi connectivity index (χ3v) is 6.34. The fraction of sp³-hybridized carbons (Fsp3) is 0.0435. The van der Waals surface area contributed by atoms with Crippen molar-refractivity contribution in [1.82, 2.24) is 5.32 Å². The summed E-state index contributed by atoms with van der Waals surface area (Å²) in [5, 5.41) is 3.01. The zero-order chi connectivity index (χ0) is 21.8. The monoisotopic (exact) mass is 560 g/mol. The first-order valence-corrected chi connectivity index (χ1v) is 11.6. The van der Waals surface area contributed by atoms with Crippen molar-refractivity contribution in [1.29, 1.82) is 0 Å². The van der Waals surface area contributed by atoms with Crippen LogP contribution in [0.15, 0.2) is 85.6 Å². The van der Waals surface area contributed by atoms with Gasteiger partial charge in [0.2, 0.25) is 0 Å². The summed E-state index contributed by atoms with van der Waals surface area (Å²) in [5.41, 5.74) is 2.07. The van der Waals surface area contributed by atoms with Crippen LogP contribution in [0.2, 0.25) is 0 Å². The van der Waals surface area contributed by atoms with Gasteiger partial charge >= 0.3 is 0 Å². The van der Waals surface area contributed by atoms with Crippen molar-refractivity contribution in [2.75, 3.05) is 0 Å².